The van der Waals surface area contributed by atoms with Crippen LogP contribution in [0.5, 0.6) is 0 Å². The Bertz CT molecular complexity index is 570. The SMILES string of the molecule is CCc1cccc(N2C(=O)C3CCCCN3C(=O)C2C)c1. The van der Waals surface area contributed by atoms with Crippen LogP contribution in [0.25, 0.3) is 0 Å². The van der Waals surface area contributed by atoms with Gasteiger partial charge in [-0.25, -0.2) is 0 Å². The lowest BCUT2D eigenvalue weighted by Crippen LogP contribution is -2.65. The van der Waals surface area contributed by atoms with Crippen molar-refractivity contribution in [3.8, 4) is 0 Å². The number of rotatable bonds is 2. The molecule has 0 spiro atoms. The van der Waals surface area contributed by atoms with Crippen LogP contribution in [0.3, 0.4) is 0 Å². The van der Waals surface area contributed by atoms with E-state index in [1.165, 1.54) is 5.56 Å². The van der Waals surface area contributed by atoms with Crippen molar-refractivity contribution >= 4 is 17.5 Å². The number of piperazine rings is 1. The average Bonchev–Trinajstić information content (AvgIpc) is 2.53. The number of benzene rings is 1. The van der Waals surface area contributed by atoms with Crippen molar-refractivity contribution in [3.05, 3.63) is 29.8 Å². The zero-order valence-electron chi connectivity index (χ0n) is 12.7. The molecule has 2 heterocycles. The van der Waals surface area contributed by atoms with E-state index in [0.29, 0.717) is 0 Å². The van der Waals surface area contributed by atoms with Crippen LogP contribution < -0.4 is 4.90 Å². The number of carbonyl (C=O) groups excluding carboxylic acids is 2. The number of carbonyl (C=O) groups is 2. The van der Waals surface area contributed by atoms with Crippen LogP contribution >= 0.6 is 0 Å². The molecule has 4 nitrogen and oxygen atoms in total. The van der Waals surface area contributed by atoms with Gasteiger partial charge in [0.2, 0.25) is 5.91 Å². The Morgan fingerprint density at radius 3 is 2.76 bits per heavy atom. The van der Waals surface area contributed by atoms with Crippen molar-refractivity contribution < 1.29 is 9.59 Å². The van der Waals surface area contributed by atoms with E-state index in [2.05, 4.69) is 13.0 Å². The topological polar surface area (TPSA) is 40.6 Å². The first-order valence-electron chi connectivity index (χ1n) is 7.86. The highest BCUT2D eigenvalue weighted by Crippen LogP contribution is 2.30. The van der Waals surface area contributed by atoms with Gasteiger partial charge in [-0.15, -0.1) is 0 Å². The van der Waals surface area contributed by atoms with Crippen LogP contribution in [0, 0.1) is 0 Å². The van der Waals surface area contributed by atoms with Gasteiger partial charge in [-0.1, -0.05) is 19.1 Å². The predicted molar refractivity (Wildman–Crippen MR) is 82.1 cm³/mol. The Kier molecular flexibility index (Phi) is 3.70. The Balaban J connectivity index is 1.97. The molecule has 112 valence electrons. The maximum absolute atomic E-state index is 12.8. The van der Waals surface area contributed by atoms with Crippen molar-refractivity contribution in [1.29, 1.82) is 0 Å². The van der Waals surface area contributed by atoms with Gasteiger partial charge in [-0.05, 0) is 50.3 Å². The molecule has 21 heavy (non-hydrogen) atoms. The molecule has 0 N–H and O–H groups in total. The Morgan fingerprint density at radius 1 is 1.19 bits per heavy atom. The molecule has 4 heteroatoms. The number of hydrogen-bond donors (Lipinski definition) is 0. The highest BCUT2D eigenvalue weighted by molar-refractivity contribution is 6.08. The van der Waals surface area contributed by atoms with Gasteiger partial charge in [-0.3, -0.25) is 14.5 Å². The lowest BCUT2D eigenvalue weighted by molar-refractivity contribution is -0.147. The van der Waals surface area contributed by atoms with Crippen molar-refractivity contribution in [3.63, 3.8) is 0 Å². The van der Waals surface area contributed by atoms with Gasteiger partial charge in [0.25, 0.3) is 5.91 Å². The molecule has 1 aromatic carbocycles. The highest BCUT2D eigenvalue weighted by Gasteiger charge is 2.45. The van der Waals surface area contributed by atoms with E-state index in [-0.39, 0.29) is 17.9 Å². The maximum atomic E-state index is 12.8. The van der Waals surface area contributed by atoms with E-state index in [9.17, 15) is 9.59 Å². The van der Waals surface area contributed by atoms with E-state index < -0.39 is 6.04 Å². The van der Waals surface area contributed by atoms with Crippen molar-refractivity contribution in [1.82, 2.24) is 4.90 Å². The van der Waals surface area contributed by atoms with Gasteiger partial charge >= 0.3 is 0 Å². The fraction of sp³-hybridized carbons (Fsp3) is 0.529. The van der Waals surface area contributed by atoms with Gasteiger partial charge in [0.05, 0.1) is 0 Å². The van der Waals surface area contributed by atoms with E-state index in [0.717, 1.165) is 37.9 Å². The lowest BCUT2D eigenvalue weighted by atomic mass is 9.95. The molecule has 2 saturated heterocycles. The molecule has 0 bridgehead atoms. The van der Waals surface area contributed by atoms with E-state index in [1.54, 1.807) is 9.80 Å². The summed E-state index contributed by atoms with van der Waals surface area (Å²) in [6, 6.07) is 7.31. The highest BCUT2D eigenvalue weighted by atomic mass is 16.2. The molecule has 1 aromatic rings. The first kappa shape index (κ1) is 14.1. The molecule has 2 aliphatic rings. The Labute approximate surface area is 125 Å². The Morgan fingerprint density at radius 2 is 2.00 bits per heavy atom. The molecule has 0 saturated carbocycles. The lowest BCUT2D eigenvalue weighted by Gasteiger charge is -2.46. The third kappa shape index (κ3) is 2.33. The summed E-state index contributed by atoms with van der Waals surface area (Å²) in [5.74, 6) is 0.163. The van der Waals surface area contributed by atoms with Crippen LogP contribution in [-0.2, 0) is 16.0 Å². The summed E-state index contributed by atoms with van der Waals surface area (Å²) < 4.78 is 0. The molecular formula is C17H22N2O2. The molecule has 2 amide bonds. The van der Waals surface area contributed by atoms with Gasteiger partial charge in [0.1, 0.15) is 12.1 Å². The molecule has 3 rings (SSSR count). The summed E-state index contributed by atoms with van der Waals surface area (Å²) in [6.45, 7) is 4.65. The van der Waals surface area contributed by atoms with Gasteiger partial charge in [0, 0.05) is 12.2 Å². The normalized spacial score (nSPS) is 26.0. The maximum Gasteiger partial charge on any atom is 0.250 e. The molecule has 2 aliphatic heterocycles. The molecule has 2 atom stereocenters. The first-order chi connectivity index (χ1) is 10.1. The van der Waals surface area contributed by atoms with Crippen LogP contribution in [0.4, 0.5) is 5.69 Å². The zero-order chi connectivity index (χ0) is 15.0. The van der Waals surface area contributed by atoms with Crippen molar-refractivity contribution in [2.75, 3.05) is 11.4 Å². The summed E-state index contributed by atoms with van der Waals surface area (Å²) in [5, 5.41) is 0. The monoisotopic (exact) mass is 286 g/mol. The minimum Gasteiger partial charge on any atom is -0.329 e. The number of anilines is 1. The van der Waals surface area contributed by atoms with E-state index in [1.807, 2.05) is 25.1 Å². The number of piperidine rings is 1. The van der Waals surface area contributed by atoms with Crippen molar-refractivity contribution in [2.24, 2.45) is 0 Å². The smallest absolute Gasteiger partial charge is 0.250 e. The van der Waals surface area contributed by atoms with Crippen LogP contribution in [0.1, 0.15) is 38.7 Å². The largest absolute Gasteiger partial charge is 0.329 e. The number of fused-ring (bicyclic) bond motifs is 1. The summed E-state index contributed by atoms with van der Waals surface area (Å²) in [5.41, 5.74) is 2.04. The fourth-order valence-corrected chi connectivity index (χ4v) is 3.43. The standard InChI is InChI=1S/C17H22N2O2/c1-3-13-7-6-8-14(11-13)19-12(2)16(20)18-10-5-4-9-15(18)17(19)21/h6-8,11-12,15H,3-5,9-10H2,1-2H3. The van der Waals surface area contributed by atoms with E-state index >= 15 is 0 Å². The summed E-state index contributed by atoms with van der Waals surface area (Å²) in [7, 11) is 0. The average molecular weight is 286 g/mol. The van der Waals surface area contributed by atoms with Gasteiger partial charge in [0.15, 0.2) is 0 Å². The number of aryl methyl sites for hydroxylation is 1. The van der Waals surface area contributed by atoms with Gasteiger partial charge < -0.3 is 4.90 Å². The molecule has 2 fully saturated rings. The quantitative estimate of drug-likeness (QED) is 0.837. The third-order valence-corrected chi connectivity index (χ3v) is 4.65. The zero-order valence-corrected chi connectivity index (χ0v) is 12.7. The number of amides is 2. The molecule has 0 aromatic heterocycles. The molecular weight excluding hydrogens is 264 g/mol. The van der Waals surface area contributed by atoms with Gasteiger partial charge in [-0.2, -0.15) is 0 Å². The summed E-state index contributed by atoms with van der Waals surface area (Å²) >= 11 is 0. The Hall–Kier alpha value is -1.84. The predicted octanol–water partition coefficient (Wildman–Crippen LogP) is 2.37. The minimum absolute atomic E-state index is 0.0788. The molecule has 2 unspecified atom stereocenters. The summed E-state index contributed by atoms with van der Waals surface area (Å²) in [6.07, 6.45) is 3.75. The first-order valence-corrected chi connectivity index (χ1v) is 7.86. The second-order valence-corrected chi connectivity index (χ2v) is 5.95. The number of nitrogens with zero attached hydrogens (tertiary/aromatic N) is 2. The van der Waals surface area contributed by atoms with Crippen LogP contribution in [-0.4, -0.2) is 35.3 Å². The number of hydrogen-bond acceptors (Lipinski definition) is 2. The van der Waals surface area contributed by atoms with Crippen molar-refractivity contribution in [2.45, 2.75) is 51.6 Å². The summed E-state index contributed by atoms with van der Waals surface area (Å²) in [4.78, 5) is 28.9. The van der Waals surface area contributed by atoms with Crippen LogP contribution in [0.15, 0.2) is 24.3 Å². The second-order valence-electron chi connectivity index (χ2n) is 5.95. The molecule has 0 radical (unpaired) electrons. The third-order valence-electron chi connectivity index (χ3n) is 4.65. The van der Waals surface area contributed by atoms with Crippen LogP contribution in [0.2, 0.25) is 0 Å². The minimum atomic E-state index is -0.404. The second kappa shape index (κ2) is 5.51. The fourth-order valence-electron chi connectivity index (χ4n) is 3.43. The molecule has 0 aliphatic carbocycles. The van der Waals surface area contributed by atoms with E-state index in [4.69, 9.17) is 0 Å².